The normalized spacial score (nSPS) is 11.1. The van der Waals surface area contributed by atoms with Gasteiger partial charge in [-0.3, -0.25) is 4.79 Å². The van der Waals surface area contributed by atoms with Crippen molar-refractivity contribution in [1.29, 1.82) is 0 Å². The molecule has 23 heavy (non-hydrogen) atoms. The molecule has 2 heterocycles. The van der Waals surface area contributed by atoms with E-state index in [1.54, 1.807) is 35.1 Å². The third-order valence-electron chi connectivity index (χ3n) is 3.58. The van der Waals surface area contributed by atoms with Crippen LogP contribution in [-0.4, -0.2) is 20.7 Å². The molecule has 0 aliphatic rings. The molecule has 1 aromatic carbocycles. The summed E-state index contributed by atoms with van der Waals surface area (Å²) in [7, 11) is 0. The molecule has 0 fully saturated rings. The van der Waals surface area contributed by atoms with E-state index in [-0.39, 0.29) is 24.3 Å². The molecule has 1 N–H and O–H groups in total. The van der Waals surface area contributed by atoms with E-state index in [4.69, 9.17) is 0 Å². The quantitative estimate of drug-likeness (QED) is 0.805. The van der Waals surface area contributed by atoms with Gasteiger partial charge < -0.3 is 5.32 Å². The molecule has 3 rings (SSSR count). The molecule has 0 aliphatic heterocycles. The number of hydrogen-bond acceptors (Lipinski definition) is 3. The first-order valence-corrected chi connectivity index (χ1v) is 7.41. The van der Waals surface area contributed by atoms with Crippen LogP contribution in [0.1, 0.15) is 35.8 Å². The molecular formula is C17H17FN4O. The number of fused-ring (bicyclic) bond motifs is 1. The first-order valence-electron chi connectivity index (χ1n) is 7.41. The Labute approximate surface area is 133 Å². The number of hydrogen-bond donors (Lipinski definition) is 1. The van der Waals surface area contributed by atoms with Gasteiger partial charge in [0.1, 0.15) is 5.82 Å². The number of amides is 1. The van der Waals surface area contributed by atoms with Gasteiger partial charge in [0.2, 0.25) is 0 Å². The Kier molecular flexibility index (Phi) is 4.06. The summed E-state index contributed by atoms with van der Waals surface area (Å²) in [4.78, 5) is 16.5. The van der Waals surface area contributed by atoms with Crippen molar-refractivity contribution in [3.05, 3.63) is 59.7 Å². The molecule has 0 unspecified atom stereocenters. The molecule has 3 aromatic rings. The molecule has 0 spiro atoms. The summed E-state index contributed by atoms with van der Waals surface area (Å²) in [5, 5.41) is 7.78. The monoisotopic (exact) mass is 312 g/mol. The predicted molar refractivity (Wildman–Crippen MR) is 85.5 cm³/mol. The van der Waals surface area contributed by atoms with Gasteiger partial charge in [-0.05, 0) is 26.0 Å². The van der Waals surface area contributed by atoms with Crippen LogP contribution in [0.2, 0.25) is 0 Å². The van der Waals surface area contributed by atoms with Crippen LogP contribution >= 0.6 is 0 Å². The summed E-state index contributed by atoms with van der Waals surface area (Å²) in [6, 6.07) is 8.30. The molecule has 1 amide bonds. The molecular weight excluding hydrogens is 295 g/mol. The van der Waals surface area contributed by atoms with Crippen LogP contribution in [0, 0.1) is 5.82 Å². The summed E-state index contributed by atoms with van der Waals surface area (Å²) in [6.45, 7) is 4.17. The molecule has 6 heteroatoms. The van der Waals surface area contributed by atoms with E-state index in [0.29, 0.717) is 11.1 Å². The standard InChI is InChI=1S/C17H17FN4O/c1-11(2)22-16-13(10-21-22)7-14(9-19-16)17(23)20-8-12-5-3-4-6-15(12)18/h3-7,9-11H,8H2,1-2H3,(H,20,23). The maximum atomic E-state index is 13.6. The molecule has 0 atom stereocenters. The van der Waals surface area contributed by atoms with E-state index in [9.17, 15) is 9.18 Å². The van der Waals surface area contributed by atoms with Crippen LogP contribution in [0.15, 0.2) is 42.7 Å². The molecule has 0 bridgehead atoms. The molecule has 0 saturated heterocycles. The van der Waals surface area contributed by atoms with Gasteiger partial charge in [0.15, 0.2) is 5.65 Å². The number of nitrogens with zero attached hydrogens (tertiary/aromatic N) is 3. The Bertz CT molecular complexity index is 857. The van der Waals surface area contributed by atoms with Crippen molar-refractivity contribution in [2.45, 2.75) is 26.4 Å². The molecule has 2 aromatic heterocycles. The Hall–Kier alpha value is -2.76. The Morgan fingerprint density at radius 1 is 1.30 bits per heavy atom. The van der Waals surface area contributed by atoms with Crippen LogP contribution in [0.25, 0.3) is 11.0 Å². The highest BCUT2D eigenvalue weighted by molar-refractivity contribution is 5.96. The summed E-state index contributed by atoms with van der Waals surface area (Å²) < 4.78 is 15.4. The Morgan fingerprint density at radius 3 is 2.83 bits per heavy atom. The lowest BCUT2D eigenvalue weighted by molar-refractivity contribution is 0.0950. The van der Waals surface area contributed by atoms with E-state index < -0.39 is 0 Å². The van der Waals surface area contributed by atoms with E-state index >= 15 is 0 Å². The van der Waals surface area contributed by atoms with Crippen molar-refractivity contribution in [2.75, 3.05) is 0 Å². The summed E-state index contributed by atoms with van der Waals surface area (Å²) in [5.74, 6) is -0.625. The average Bonchev–Trinajstić information content (AvgIpc) is 2.97. The first kappa shape index (κ1) is 15.1. The number of halogens is 1. The minimum atomic E-state index is -0.334. The first-order chi connectivity index (χ1) is 11.1. The lowest BCUT2D eigenvalue weighted by Crippen LogP contribution is -2.23. The SMILES string of the molecule is CC(C)n1ncc2cc(C(=O)NCc3ccccc3F)cnc21. The molecule has 0 radical (unpaired) electrons. The van der Waals surface area contributed by atoms with E-state index in [0.717, 1.165) is 11.0 Å². The second-order valence-electron chi connectivity index (χ2n) is 5.59. The van der Waals surface area contributed by atoms with Crippen LogP contribution in [-0.2, 0) is 6.54 Å². The fraction of sp³-hybridized carbons (Fsp3) is 0.235. The fourth-order valence-corrected chi connectivity index (χ4v) is 2.36. The van der Waals surface area contributed by atoms with Crippen LogP contribution in [0.4, 0.5) is 4.39 Å². The van der Waals surface area contributed by atoms with Crippen molar-refractivity contribution in [1.82, 2.24) is 20.1 Å². The van der Waals surface area contributed by atoms with Gasteiger partial charge in [-0.25, -0.2) is 14.1 Å². The second-order valence-corrected chi connectivity index (χ2v) is 5.59. The van der Waals surface area contributed by atoms with Crippen LogP contribution in [0.5, 0.6) is 0 Å². The third-order valence-corrected chi connectivity index (χ3v) is 3.58. The highest BCUT2D eigenvalue weighted by Crippen LogP contribution is 2.16. The van der Waals surface area contributed by atoms with Gasteiger partial charge in [0, 0.05) is 29.7 Å². The zero-order chi connectivity index (χ0) is 16.4. The summed E-state index contributed by atoms with van der Waals surface area (Å²) >= 11 is 0. The minimum Gasteiger partial charge on any atom is -0.348 e. The highest BCUT2D eigenvalue weighted by Gasteiger charge is 2.12. The minimum absolute atomic E-state index is 0.134. The lowest BCUT2D eigenvalue weighted by Gasteiger charge is -2.08. The van der Waals surface area contributed by atoms with Gasteiger partial charge in [0.25, 0.3) is 5.91 Å². The zero-order valence-electron chi connectivity index (χ0n) is 13.0. The van der Waals surface area contributed by atoms with Crippen molar-refractivity contribution in [2.24, 2.45) is 0 Å². The van der Waals surface area contributed by atoms with Crippen LogP contribution < -0.4 is 5.32 Å². The number of carbonyl (C=O) groups excluding carboxylic acids is 1. The number of rotatable bonds is 4. The molecule has 0 aliphatic carbocycles. The van der Waals surface area contributed by atoms with E-state index in [2.05, 4.69) is 15.4 Å². The third kappa shape index (κ3) is 3.06. The van der Waals surface area contributed by atoms with Gasteiger partial charge in [-0.15, -0.1) is 0 Å². The maximum Gasteiger partial charge on any atom is 0.253 e. The van der Waals surface area contributed by atoms with Crippen molar-refractivity contribution in [3.63, 3.8) is 0 Å². The number of aromatic nitrogens is 3. The topological polar surface area (TPSA) is 59.8 Å². The number of carbonyl (C=O) groups is 1. The van der Waals surface area contributed by atoms with E-state index in [1.165, 1.54) is 12.3 Å². The Morgan fingerprint density at radius 2 is 2.09 bits per heavy atom. The van der Waals surface area contributed by atoms with Crippen molar-refractivity contribution >= 4 is 16.9 Å². The lowest BCUT2D eigenvalue weighted by atomic mass is 10.2. The average molecular weight is 312 g/mol. The van der Waals surface area contributed by atoms with Gasteiger partial charge in [0.05, 0.1) is 11.8 Å². The van der Waals surface area contributed by atoms with E-state index in [1.807, 2.05) is 13.8 Å². The zero-order valence-corrected chi connectivity index (χ0v) is 13.0. The largest absolute Gasteiger partial charge is 0.348 e. The van der Waals surface area contributed by atoms with Crippen molar-refractivity contribution in [3.8, 4) is 0 Å². The van der Waals surface area contributed by atoms with Crippen molar-refractivity contribution < 1.29 is 9.18 Å². The van der Waals surface area contributed by atoms with Gasteiger partial charge in [-0.2, -0.15) is 5.10 Å². The summed E-state index contributed by atoms with van der Waals surface area (Å²) in [6.07, 6.45) is 3.20. The number of pyridine rings is 1. The highest BCUT2D eigenvalue weighted by atomic mass is 19.1. The predicted octanol–water partition coefficient (Wildman–Crippen LogP) is 3.08. The molecule has 0 saturated carbocycles. The maximum absolute atomic E-state index is 13.6. The smallest absolute Gasteiger partial charge is 0.253 e. The number of benzene rings is 1. The van der Waals surface area contributed by atoms with Crippen LogP contribution in [0.3, 0.4) is 0 Å². The Balaban J connectivity index is 1.77. The molecule has 5 nitrogen and oxygen atoms in total. The number of nitrogens with one attached hydrogen (secondary N) is 1. The fourth-order valence-electron chi connectivity index (χ4n) is 2.36. The second kappa shape index (κ2) is 6.16. The molecule has 118 valence electrons. The summed E-state index contributed by atoms with van der Waals surface area (Å²) in [5.41, 5.74) is 1.62. The van der Waals surface area contributed by atoms with Gasteiger partial charge in [-0.1, -0.05) is 18.2 Å². The van der Waals surface area contributed by atoms with Gasteiger partial charge >= 0.3 is 0 Å².